The summed E-state index contributed by atoms with van der Waals surface area (Å²) in [7, 11) is 1.87. The van der Waals surface area contributed by atoms with Gasteiger partial charge in [0.1, 0.15) is 12.3 Å². The first-order chi connectivity index (χ1) is 14.7. The van der Waals surface area contributed by atoms with Crippen molar-refractivity contribution in [3.8, 4) is 0 Å². The molecule has 1 atom stereocenters. The van der Waals surface area contributed by atoms with E-state index in [0.29, 0.717) is 45.7 Å². The Morgan fingerprint density at radius 1 is 0.903 bits per heavy atom. The summed E-state index contributed by atoms with van der Waals surface area (Å²) in [4.78, 5) is 47.9. The van der Waals surface area contributed by atoms with Crippen LogP contribution in [0.3, 0.4) is 0 Å². The van der Waals surface area contributed by atoms with Gasteiger partial charge in [0.25, 0.3) is 0 Å². The maximum absolute atomic E-state index is 10.8. The Morgan fingerprint density at radius 3 is 1.71 bits per heavy atom. The van der Waals surface area contributed by atoms with Crippen LogP contribution in [0.5, 0.6) is 0 Å². The molecular weight excluding hydrogens is 410 g/mol. The van der Waals surface area contributed by atoms with Crippen molar-refractivity contribution >= 4 is 24.2 Å². The molecule has 1 rings (SSSR count). The van der Waals surface area contributed by atoms with Crippen LogP contribution in [0.4, 0.5) is 0 Å². The molecule has 0 amide bonds. The van der Waals surface area contributed by atoms with E-state index < -0.39 is 23.9 Å². The first-order valence-electron chi connectivity index (χ1n) is 10.4. The van der Waals surface area contributed by atoms with E-state index in [1.807, 2.05) is 11.9 Å². The summed E-state index contributed by atoms with van der Waals surface area (Å²) in [6.07, 6.45) is 3.23. The summed E-state index contributed by atoms with van der Waals surface area (Å²) in [6.45, 7) is 4.39. The van der Waals surface area contributed by atoms with E-state index in [2.05, 4.69) is 5.32 Å². The van der Waals surface area contributed by atoms with Crippen LogP contribution in [0.25, 0.3) is 0 Å². The maximum Gasteiger partial charge on any atom is 0.320 e. The van der Waals surface area contributed by atoms with E-state index in [-0.39, 0.29) is 19.6 Å². The molecule has 6 N–H and O–H groups in total. The summed E-state index contributed by atoms with van der Waals surface area (Å²) in [6, 6.07) is -0.688. The van der Waals surface area contributed by atoms with E-state index in [0.717, 1.165) is 25.7 Å². The van der Waals surface area contributed by atoms with Crippen LogP contribution in [-0.4, -0.2) is 133 Å². The molecule has 0 bridgehead atoms. The lowest BCUT2D eigenvalue weighted by molar-refractivity contribution is -0.140. The van der Waals surface area contributed by atoms with Gasteiger partial charge in [-0.3, -0.25) is 29.1 Å². The average molecular weight is 448 g/mol. The van der Waals surface area contributed by atoms with E-state index in [4.69, 9.17) is 21.1 Å². The minimum atomic E-state index is -0.908. The molecule has 31 heavy (non-hydrogen) atoms. The van der Waals surface area contributed by atoms with Crippen LogP contribution < -0.4 is 11.1 Å². The molecule has 0 saturated carbocycles. The Hall–Kier alpha value is -2.12. The first-order valence-corrected chi connectivity index (χ1v) is 10.4. The fraction of sp³-hybridized carbons (Fsp3) is 0.789. The number of carboxylic acids is 3. The van der Waals surface area contributed by atoms with Crippen LogP contribution in [0, 0.1) is 0 Å². The highest BCUT2D eigenvalue weighted by Crippen LogP contribution is 2.00. The van der Waals surface area contributed by atoms with Gasteiger partial charge < -0.3 is 31.2 Å². The fourth-order valence-electron chi connectivity index (χ4n) is 2.96. The number of unbranched alkanes of at least 4 members (excludes halogenated alkanes) is 1. The van der Waals surface area contributed by atoms with Crippen molar-refractivity contribution in [2.75, 3.05) is 72.5 Å². The first kappa shape index (κ1) is 28.9. The number of carbonyl (C=O) groups is 4. The zero-order chi connectivity index (χ0) is 23.6. The van der Waals surface area contributed by atoms with Crippen LogP contribution in [0.1, 0.15) is 19.3 Å². The van der Waals surface area contributed by atoms with Crippen LogP contribution in [0.15, 0.2) is 0 Å². The van der Waals surface area contributed by atoms with Crippen molar-refractivity contribution < 1.29 is 34.5 Å². The summed E-state index contributed by atoms with van der Waals surface area (Å²) in [5.41, 5.74) is 5.28. The molecular formula is C19H37N5O7. The van der Waals surface area contributed by atoms with E-state index in [1.54, 1.807) is 9.80 Å². The quantitative estimate of drug-likeness (QED) is 0.165. The van der Waals surface area contributed by atoms with Gasteiger partial charge >= 0.3 is 17.9 Å². The summed E-state index contributed by atoms with van der Waals surface area (Å²) in [5.74, 6) is -2.72. The molecule has 180 valence electrons. The van der Waals surface area contributed by atoms with E-state index in [9.17, 15) is 19.2 Å². The van der Waals surface area contributed by atoms with Crippen molar-refractivity contribution in [1.29, 1.82) is 0 Å². The standard InChI is InChI=1S/C12H21N3O5.C7H16N2O2/c16-8-7-13-1-3-14(9-11(17)18)5-6-15(4-2-13)10-12(19)20;1-9-5-3-2-4-6(8)7(10)11/h8H,1-7,9-10H2,(H,17,18)(H,19,20);6,9H,2-5,8H2,1H3,(H,10,11). The molecule has 0 aliphatic carbocycles. The van der Waals surface area contributed by atoms with Crippen molar-refractivity contribution in [3.63, 3.8) is 0 Å². The highest BCUT2D eigenvalue weighted by Gasteiger charge is 2.18. The monoisotopic (exact) mass is 447 g/mol. The zero-order valence-corrected chi connectivity index (χ0v) is 18.2. The van der Waals surface area contributed by atoms with Gasteiger partial charge in [-0.2, -0.15) is 0 Å². The van der Waals surface area contributed by atoms with Crippen LogP contribution in [0.2, 0.25) is 0 Å². The number of hydrogen-bond donors (Lipinski definition) is 5. The molecule has 1 unspecified atom stereocenters. The topological polar surface area (TPSA) is 177 Å². The van der Waals surface area contributed by atoms with Crippen molar-refractivity contribution in [1.82, 2.24) is 20.0 Å². The highest BCUT2D eigenvalue weighted by molar-refractivity contribution is 5.72. The number of nitrogens with two attached hydrogens (primary N) is 1. The molecule has 0 aromatic heterocycles. The molecule has 1 aliphatic heterocycles. The third-order valence-electron chi connectivity index (χ3n) is 4.76. The van der Waals surface area contributed by atoms with Gasteiger partial charge in [-0.25, -0.2) is 0 Å². The number of carbonyl (C=O) groups excluding carboxylic acids is 1. The molecule has 0 radical (unpaired) electrons. The third kappa shape index (κ3) is 16.3. The predicted octanol–water partition coefficient (Wildman–Crippen LogP) is -1.94. The number of nitrogens with zero attached hydrogens (tertiary/aromatic N) is 3. The molecule has 0 aromatic rings. The van der Waals surface area contributed by atoms with Gasteiger partial charge in [-0.1, -0.05) is 6.42 Å². The number of aliphatic carboxylic acids is 3. The van der Waals surface area contributed by atoms with E-state index >= 15 is 0 Å². The Balaban J connectivity index is 0.000000695. The minimum Gasteiger partial charge on any atom is -0.480 e. The van der Waals surface area contributed by atoms with Gasteiger partial charge in [-0.15, -0.1) is 0 Å². The van der Waals surface area contributed by atoms with Gasteiger partial charge in [-0.05, 0) is 26.4 Å². The number of rotatable bonds is 12. The SMILES string of the molecule is CNCCCCC(N)C(=O)O.O=CCN1CCN(CC(=O)O)CCN(CC(=O)O)CC1. The third-order valence-corrected chi connectivity index (χ3v) is 4.76. The lowest BCUT2D eigenvalue weighted by Gasteiger charge is -2.23. The van der Waals surface area contributed by atoms with Gasteiger partial charge in [0, 0.05) is 39.3 Å². The van der Waals surface area contributed by atoms with Gasteiger partial charge in [0.2, 0.25) is 0 Å². The summed E-state index contributed by atoms with van der Waals surface area (Å²) < 4.78 is 0. The minimum absolute atomic E-state index is 0.0736. The van der Waals surface area contributed by atoms with Gasteiger partial charge in [0.15, 0.2) is 0 Å². The lowest BCUT2D eigenvalue weighted by Crippen LogP contribution is -2.40. The van der Waals surface area contributed by atoms with Gasteiger partial charge in [0.05, 0.1) is 19.6 Å². The Labute approximate surface area is 183 Å². The number of aldehydes is 1. The fourth-order valence-corrected chi connectivity index (χ4v) is 2.96. The highest BCUT2D eigenvalue weighted by atomic mass is 16.4. The lowest BCUT2D eigenvalue weighted by atomic mass is 10.1. The molecule has 1 saturated heterocycles. The van der Waals surface area contributed by atoms with E-state index in [1.165, 1.54) is 0 Å². The molecule has 1 fully saturated rings. The number of nitrogens with one attached hydrogen (secondary N) is 1. The molecule has 12 heteroatoms. The second-order valence-electron chi connectivity index (χ2n) is 7.35. The number of hydrogen-bond acceptors (Lipinski definition) is 9. The van der Waals surface area contributed by atoms with Crippen molar-refractivity contribution in [2.24, 2.45) is 5.73 Å². The molecule has 0 spiro atoms. The Kier molecular flexibility index (Phi) is 16.3. The zero-order valence-electron chi connectivity index (χ0n) is 18.2. The van der Waals surface area contributed by atoms with Crippen LogP contribution in [-0.2, 0) is 19.2 Å². The smallest absolute Gasteiger partial charge is 0.320 e. The molecule has 1 aliphatic rings. The molecule has 1 heterocycles. The second kappa shape index (κ2) is 17.5. The molecule has 0 aromatic carbocycles. The normalized spacial score (nSPS) is 17.4. The maximum atomic E-state index is 10.8. The van der Waals surface area contributed by atoms with Crippen molar-refractivity contribution in [3.05, 3.63) is 0 Å². The van der Waals surface area contributed by atoms with Crippen molar-refractivity contribution in [2.45, 2.75) is 25.3 Å². The Morgan fingerprint density at radius 2 is 1.35 bits per heavy atom. The molecule has 12 nitrogen and oxygen atoms in total. The summed E-state index contributed by atoms with van der Waals surface area (Å²) >= 11 is 0. The average Bonchev–Trinajstić information content (AvgIpc) is 2.77. The Bertz CT molecular complexity index is 522. The van der Waals surface area contributed by atoms with Crippen LogP contribution >= 0.6 is 0 Å². The largest absolute Gasteiger partial charge is 0.480 e. The second-order valence-corrected chi connectivity index (χ2v) is 7.35. The predicted molar refractivity (Wildman–Crippen MR) is 114 cm³/mol. The number of carboxylic acid groups (broad SMARTS) is 3. The summed E-state index contributed by atoms with van der Waals surface area (Å²) in [5, 5.41) is 29.1.